The van der Waals surface area contributed by atoms with E-state index >= 15 is 0 Å². The van der Waals surface area contributed by atoms with Crippen molar-refractivity contribution in [1.29, 1.82) is 0 Å². The number of carbonyl (C=O) groups is 2. The van der Waals surface area contributed by atoms with E-state index in [0.29, 0.717) is 23.7 Å². The normalized spacial score (nSPS) is 17.2. The predicted molar refractivity (Wildman–Crippen MR) is 90.8 cm³/mol. The SMILES string of the molecule is O=C(Nc1ccccc1Cl)N[C@H]1CCN(c2ccccc2)C1=O. The molecule has 5 nitrogen and oxygen atoms in total. The molecule has 0 spiro atoms. The Balaban J connectivity index is 1.62. The van der Waals surface area contributed by atoms with E-state index in [1.165, 1.54) is 0 Å². The number of para-hydroxylation sites is 2. The molecule has 0 aliphatic carbocycles. The summed E-state index contributed by atoms with van der Waals surface area (Å²) in [4.78, 5) is 26.2. The summed E-state index contributed by atoms with van der Waals surface area (Å²) in [5, 5.41) is 5.81. The van der Waals surface area contributed by atoms with Crippen LogP contribution in [-0.4, -0.2) is 24.5 Å². The summed E-state index contributed by atoms with van der Waals surface area (Å²) in [5.41, 5.74) is 1.35. The molecule has 6 heteroatoms. The van der Waals surface area contributed by atoms with Crippen molar-refractivity contribution in [2.24, 2.45) is 0 Å². The highest BCUT2D eigenvalue weighted by Gasteiger charge is 2.33. The summed E-state index contributed by atoms with van der Waals surface area (Å²) in [7, 11) is 0. The molecule has 3 rings (SSSR count). The van der Waals surface area contributed by atoms with Crippen molar-refractivity contribution in [3.05, 3.63) is 59.6 Å². The van der Waals surface area contributed by atoms with Crippen molar-refractivity contribution in [3.63, 3.8) is 0 Å². The molecule has 0 bridgehead atoms. The van der Waals surface area contributed by atoms with E-state index in [9.17, 15) is 9.59 Å². The fourth-order valence-corrected chi connectivity index (χ4v) is 2.74. The van der Waals surface area contributed by atoms with Gasteiger partial charge >= 0.3 is 6.03 Å². The zero-order valence-electron chi connectivity index (χ0n) is 12.3. The Labute approximate surface area is 139 Å². The standard InChI is InChI=1S/C17H16ClN3O2/c18-13-8-4-5-9-14(13)19-17(23)20-15-10-11-21(16(15)22)12-6-2-1-3-7-12/h1-9,15H,10-11H2,(H2,19,20,23)/t15-/m0/s1. The number of anilines is 2. The topological polar surface area (TPSA) is 61.4 Å². The largest absolute Gasteiger partial charge is 0.326 e. The summed E-state index contributed by atoms with van der Waals surface area (Å²) in [6.07, 6.45) is 0.573. The Kier molecular flexibility index (Phi) is 4.48. The Morgan fingerprint density at radius 2 is 1.78 bits per heavy atom. The lowest BCUT2D eigenvalue weighted by Gasteiger charge is -2.17. The van der Waals surface area contributed by atoms with Crippen molar-refractivity contribution in [3.8, 4) is 0 Å². The molecule has 1 fully saturated rings. The van der Waals surface area contributed by atoms with Gasteiger partial charge in [-0.2, -0.15) is 0 Å². The predicted octanol–water partition coefficient (Wildman–Crippen LogP) is 3.27. The molecule has 1 heterocycles. The molecule has 0 unspecified atom stereocenters. The first kappa shape index (κ1) is 15.4. The number of rotatable bonds is 3. The molecule has 1 aliphatic heterocycles. The van der Waals surface area contributed by atoms with Crippen LogP contribution in [-0.2, 0) is 4.79 Å². The highest BCUT2D eigenvalue weighted by molar-refractivity contribution is 6.33. The number of amides is 3. The smallest absolute Gasteiger partial charge is 0.319 e. The van der Waals surface area contributed by atoms with Gasteiger partial charge in [0.2, 0.25) is 5.91 Å². The Morgan fingerprint density at radius 1 is 1.09 bits per heavy atom. The quantitative estimate of drug-likeness (QED) is 0.908. The van der Waals surface area contributed by atoms with Gasteiger partial charge in [0.25, 0.3) is 0 Å². The highest BCUT2D eigenvalue weighted by Crippen LogP contribution is 2.22. The minimum atomic E-state index is -0.530. The Bertz CT molecular complexity index is 721. The molecule has 1 atom stereocenters. The number of hydrogen-bond donors (Lipinski definition) is 2. The number of carbonyl (C=O) groups excluding carboxylic acids is 2. The number of urea groups is 1. The molecule has 3 amide bonds. The molecule has 0 radical (unpaired) electrons. The first-order valence-electron chi connectivity index (χ1n) is 7.33. The highest BCUT2D eigenvalue weighted by atomic mass is 35.5. The van der Waals surface area contributed by atoms with Crippen molar-refractivity contribution >= 4 is 34.9 Å². The minimum Gasteiger partial charge on any atom is -0.326 e. The second-order valence-corrected chi connectivity index (χ2v) is 5.65. The molecular formula is C17H16ClN3O2. The van der Waals surface area contributed by atoms with Crippen LogP contribution in [0.4, 0.5) is 16.2 Å². The van der Waals surface area contributed by atoms with Crippen LogP contribution in [0.25, 0.3) is 0 Å². The average Bonchev–Trinajstić information content (AvgIpc) is 2.91. The van der Waals surface area contributed by atoms with Crippen molar-refractivity contribution in [2.45, 2.75) is 12.5 Å². The maximum atomic E-state index is 12.4. The maximum absolute atomic E-state index is 12.4. The zero-order valence-corrected chi connectivity index (χ0v) is 13.1. The van der Waals surface area contributed by atoms with Crippen LogP contribution in [0.2, 0.25) is 5.02 Å². The van der Waals surface area contributed by atoms with Gasteiger partial charge in [0.05, 0.1) is 10.7 Å². The molecule has 0 saturated carbocycles. The van der Waals surface area contributed by atoms with Gasteiger partial charge in [-0.15, -0.1) is 0 Å². The van der Waals surface area contributed by atoms with Crippen LogP contribution in [0.1, 0.15) is 6.42 Å². The third-order valence-electron chi connectivity index (χ3n) is 3.70. The van der Waals surface area contributed by atoms with Crippen LogP contribution >= 0.6 is 11.6 Å². The second kappa shape index (κ2) is 6.71. The lowest BCUT2D eigenvalue weighted by atomic mass is 10.2. The summed E-state index contributed by atoms with van der Waals surface area (Å²) in [6.45, 7) is 0.583. The van der Waals surface area contributed by atoms with Crippen LogP contribution in [0.5, 0.6) is 0 Å². The molecule has 1 aliphatic rings. The van der Waals surface area contributed by atoms with Crippen LogP contribution < -0.4 is 15.5 Å². The molecule has 2 aromatic carbocycles. The van der Waals surface area contributed by atoms with Gasteiger partial charge in [-0.25, -0.2) is 4.79 Å². The van der Waals surface area contributed by atoms with E-state index in [-0.39, 0.29) is 5.91 Å². The lowest BCUT2D eigenvalue weighted by Crippen LogP contribution is -2.43. The Hall–Kier alpha value is -2.53. The van der Waals surface area contributed by atoms with Gasteiger partial charge in [-0.1, -0.05) is 41.9 Å². The fourth-order valence-electron chi connectivity index (χ4n) is 2.56. The van der Waals surface area contributed by atoms with Crippen LogP contribution in [0, 0.1) is 0 Å². The van der Waals surface area contributed by atoms with E-state index < -0.39 is 12.1 Å². The van der Waals surface area contributed by atoms with E-state index in [0.717, 1.165) is 5.69 Å². The van der Waals surface area contributed by atoms with E-state index in [4.69, 9.17) is 11.6 Å². The summed E-state index contributed by atoms with van der Waals surface area (Å²) >= 11 is 6.00. The van der Waals surface area contributed by atoms with Gasteiger partial charge in [0.1, 0.15) is 6.04 Å². The van der Waals surface area contributed by atoms with E-state index in [2.05, 4.69) is 10.6 Å². The number of hydrogen-bond acceptors (Lipinski definition) is 2. The fraction of sp³-hybridized carbons (Fsp3) is 0.176. The van der Waals surface area contributed by atoms with Gasteiger partial charge in [0.15, 0.2) is 0 Å². The minimum absolute atomic E-state index is 0.106. The maximum Gasteiger partial charge on any atom is 0.319 e. The lowest BCUT2D eigenvalue weighted by molar-refractivity contribution is -0.118. The first-order chi connectivity index (χ1) is 11.1. The Morgan fingerprint density at radius 3 is 2.52 bits per heavy atom. The third kappa shape index (κ3) is 3.46. The first-order valence-corrected chi connectivity index (χ1v) is 7.71. The number of halogens is 1. The van der Waals surface area contributed by atoms with Crippen molar-refractivity contribution in [2.75, 3.05) is 16.8 Å². The van der Waals surface area contributed by atoms with E-state index in [1.54, 1.807) is 29.2 Å². The number of benzene rings is 2. The average molecular weight is 330 g/mol. The zero-order chi connectivity index (χ0) is 16.2. The van der Waals surface area contributed by atoms with Crippen LogP contribution in [0.15, 0.2) is 54.6 Å². The van der Waals surface area contributed by atoms with Gasteiger partial charge in [-0.3, -0.25) is 4.79 Å². The number of nitrogens with one attached hydrogen (secondary N) is 2. The molecule has 2 aromatic rings. The summed E-state index contributed by atoms with van der Waals surface area (Å²) in [5.74, 6) is -0.106. The molecule has 0 aromatic heterocycles. The second-order valence-electron chi connectivity index (χ2n) is 5.24. The molecule has 23 heavy (non-hydrogen) atoms. The molecule has 118 valence electrons. The van der Waals surface area contributed by atoms with Gasteiger partial charge in [0, 0.05) is 12.2 Å². The summed E-state index contributed by atoms with van der Waals surface area (Å²) < 4.78 is 0. The third-order valence-corrected chi connectivity index (χ3v) is 4.03. The van der Waals surface area contributed by atoms with Gasteiger partial charge in [-0.05, 0) is 30.7 Å². The molecule has 2 N–H and O–H groups in total. The van der Waals surface area contributed by atoms with Crippen LogP contribution in [0.3, 0.4) is 0 Å². The molecular weight excluding hydrogens is 314 g/mol. The molecule has 1 saturated heterocycles. The van der Waals surface area contributed by atoms with Crippen molar-refractivity contribution in [1.82, 2.24) is 5.32 Å². The summed E-state index contributed by atoms with van der Waals surface area (Å²) in [6, 6.07) is 15.4. The monoisotopic (exact) mass is 329 g/mol. The van der Waals surface area contributed by atoms with E-state index in [1.807, 2.05) is 30.3 Å². The van der Waals surface area contributed by atoms with Gasteiger partial charge < -0.3 is 15.5 Å². The van der Waals surface area contributed by atoms with Crippen molar-refractivity contribution < 1.29 is 9.59 Å². The number of nitrogens with zero attached hydrogens (tertiary/aromatic N) is 1.